The molecule has 2 aliphatic rings. The van der Waals surface area contributed by atoms with Crippen molar-refractivity contribution in [3.05, 3.63) is 29.8 Å². The van der Waals surface area contributed by atoms with Crippen molar-refractivity contribution in [3.8, 4) is 0 Å². The minimum Gasteiger partial charge on any atom is -0.467 e. The minimum absolute atomic E-state index is 0.0450. The van der Waals surface area contributed by atoms with Crippen molar-refractivity contribution >= 4 is 23.5 Å². The molecule has 2 unspecified atom stereocenters. The van der Waals surface area contributed by atoms with Crippen LogP contribution in [0.1, 0.15) is 31.7 Å². The fourth-order valence-corrected chi connectivity index (χ4v) is 3.68. The van der Waals surface area contributed by atoms with Crippen molar-refractivity contribution in [1.29, 1.82) is 0 Å². The Labute approximate surface area is 147 Å². The zero-order valence-electron chi connectivity index (χ0n) is 14.7. The number of hydrogen-bond donors (Lipinski definition) is 0. The van der Waals surface area contributed by atoms with Crippen LogP contribution in [-0.2, 0) is 25.5 Å². The Balaban J connectivity index is 1.71. The summed E-state index contributed by atoms with van der Waals surface area (Å²) >= 11 is 0. The average Bonchev–Trinajstić information content (AvgIpc) is 3.27. The average molecular weight is 344 g/mol. The van der Waals surface area contributed by atoms with Crippen molar-refractivity contribution in [2.24, 2.45) is 5.92 Å². The van der Waals surface area contributed by atoms with Crippen LogP contribution in [-0.4, -0.2) is 48.9 Å². The molecule has 2 fully saturated rings. The first-order chi connectivity index (χ1) is 12.0. The number of hydrogen-bond acceptors (Lipinski definition) is 4. The first kappa shape index (κ1) is 17.5. The number of aryl methyl sites for hydroxylation is 1. The maximum Gasteiger partial charge on any atom is 0.328 e. The standard InChI is InChI=1S/C19H24N2O4/c1-3-13-6-8-15(9-7-13)21-12-14(11-17(21)22)18(23)20-10-4-5-16(20)19(24)25-2/h6-9,14,16H,3-5,10-12H2,1-2H3. The molecule has 0 N–H and O–H groups in total. The molecule has 2 amide bonds. The van der Waals surface area contributed by atoms with Gasteiger partial charge in [-0.15, -0.1) is 0 Å². The predicted molar refractivity (Wildman–Crippen MR) is 93.0 cm³/mol. The largest absolute Gasteiger partial charge is 0.467 e. The van der Waals surface area contributed by atoms with Crippen molar-refractivity contribution in [2.45, 2.75) is 38.6 Å². The molecule has 134 valence electrons. The smallest absolute Gasteiger partial charge is 0.328 e. The lowest BCUT2D eigenvalue weighted by molar-refractivity contribution is -0.152. The molecule has 0 saturated carbocycles. The van der Waals surface area contributed by atoms with Crippen molar-refractivity contribution < 1.29 is 19.1 Å². The van der Waals surface area contributed by atoms with Crippen LogP contribution in [0.3, 0.4) is 0 Å². The summed E-state index contributed by atoms with van der Waals surface area (Å²) in [6.07, 6.45) is 2.55. The zero-order valence-corrected chi connectivity index (χ0v) is 14.7. The first-order valence-electron chi connectivity index (χ1n) is 8.82. The van der Waals surface area contributed by atoms with Crippen molar-refractivity contribution in [1.82, 2.24) is 4.90 Å². The Bertz CT molecular complexity index is 671. The second-order valence-electron chi connectivity index (χ2n) is 6.64. The van der Waals surface area contributed by atoms with Crippen LogP contribution in [0, 0.1) is 5.92 Å². The number of rotatable bonds is 4. The number of amides is 2. The van der Waals surface area contributed by atoms with Gasteiger partial charge in [0.1, 0.15) is 6.04 Å². The number of benzene rings is 1. The highest BCUT2D eigenvalue weighted by molar-refractivity contribution is 6.01. The fraction of sp³-hybridized carbons (Fsp3) is 0.526. The molecule has 0 aliphatic carbocycles. The lowest BCUT2D eigenvalue weighted by atomic mass is 10.1. The number of carbonyl (C=O) groups excluding carboxylic acids is 3. The number of ether oxygens (including phenoxy) is 1. The van der Waals surface area contributed by atoms with Crippen LogP contribution in [0.4, 0.5) is 5.69 Å². The minimum atomic E-state index is -0.509. The number of likely N-dealkylation sites (tertiary alicyclic amines) is 1. The second kappa shape index (κ2) is 7.25. The van der Waals surface area contributed by atoms with Crippen molar-refractivity contribution in [2.75, 3.05) is 25.1 Å². The van der Waals surface area contributed by atoms with E-state index >= 15 is 0 Å². The summed E-state index contributed by atoms with van der Waals surface area (Å²) in [6, 6.07) is 7.36. The molecule has 3 rings (SSSR count). The van der Waals surface area contributed by atoms with Crippen LogP contribution in [0.25, 0.3) is 0 Å². The Morgan fingerprint density at radius 3 is 2.60 bits per heavy atom. The normalized spacial score (nSPS) is 23.2. The van der Waals surface area contributed by atoms with E-state index < -0.39 is 12.0 Å². The quantitative estimate of drug-likeness (QED) is 0.781. The molecule has 0 bridgehead atoms. The summed E-state index contributed by atoms with van der Waals surface area (Å²) in [6.45, 7) is 3.00. The maximum absolute atomic E-state index is 12.8. The molecular weight excluding hydrogens is 320 g/mol. The predicted octanol–water partition coefficient (Wildman–Crippen LogP) is 1.77. The maximum atomic E-state index is 12.8. The summed E-state index contributed by atoms with van der Waals surface area (Å²) in [7, 11) is 1.34. The van der Waals surface area contributed by atoms with Crippen LogP contribution in [0.2, 0.25) is 0 Å². The molecule has 0 aromatic heterocycles. The molecule has 1 aromatic rings. The van der Waals surface area contributed by atoms with Gasteiger partial charge in [-0.3, -0.25) is 9.59 Å². The van der Waals surface area contributed by atoms with Gasteiger partial charge < -0.3 is 14.5 Å². The SMILES string of the molecule is CCc1ccc(N2CC(C(=O)N3CCCC3C(=O)OC)CC2=O)cc1. The molecule has 6 nitrogen and oxygen atoms in total. The van der Waals surface area contributed by atoms with E-state index in [1.165, 1.54) is 12.7 Å². The van der Waals surface area contributed by atoms with E-state index in [0.717, 1.165) is 18.5 Å². The Kier molecular flexibility index (Phi) is 5.06. The van der Waals surface area contributed by atoms with Gasteiger partial charge in [0.15, 0.2) is 0 Å². The summed E-state index contributed by atoms with van der Waals surface area (Å²) in [5.74, 6) is -0.934. The highest BCUT2D eigenvalue weighted by atomic mass is 16.5. The highest BCUT2D eigenvalue weighted by Crippen LogP contribution is 2.29. The van der Waals surface area contributed by atoms with Crippen LogP contribution >= 0.6 is 0 Å². The van der Waals surface area contributed by atoms with Gasteiger partial charge in [-0.05, 0) is 37.0 Å². The second-order valence-corrected chi connectivity index (χ2v) is 6.64. The van der Waals surface area contributed by atoms with Gasteiger partial charge in [-0.2, -0.15) is 0 Å². The Hall–Kier alpha value is -2.37. The van der Waals surface area contributed by atoms with Crippen molar-refractivity contribution in [3.63, 3.8) is 0 Å². The summed E-state index contributed by atoms with van der Waals surface area (Å²) in [5, 5.41) is 0. The molecule has 0 radical (unpaired) electrons. The van der Waals surface area contributed by atoms with Gasteiger partial charge in [0.05, 0.1) is 13.0 Å². The fourth-order valence-electron chi connectivity index (χ4n) is 3.68. The molecule has 2 saturated heterocycles. The number of anilines is 1. The van der Waals surface area contributed by atoms with E-state index in [9.17, 15) is 14.4 Å². The number of carbonyl (C=O) groups is 3. The third-order valence-electron chi connectivity index (χ3n) is 5.14. The van der Waals surface area contributed by atoms with E-state index in [2.05, 4.69) is 6.92 Å². The molecule has 2 heterocycles. The topological polar surface area (TPSA) is 66.9 Å². The summed E-state index contributed by atoms with van der Waals surface area (Å²) in [5.41, 5.74) is 2.03. The van der Waals surface area contributed by atoms with E-state index in [1.807, 2.05) is 24.3 Å². The van der Waals surface area contributed by atoms with Gasteiger partial charge in [-0.1, -0.05) is 19.1 Å². The molecular formula is C19H24N2O4. The van der Waals surface area contributed by atoms with E-state index in [0.29, 0.717) is 19.5 Å². The Morgan fingerprint density at radius 2 is 1.96 bits per heavy atom. The molecule has 0 spiro atoms. The first-order valence-corrected chi connectivity index (χ1v) is 8.82. The zero-order chi connectivity index (χ0) is 18.0. The van der Waals surface area contributed by atoms with Gasteiger partial charge in [-0.25, -0.2) is 4.79 Å². The van der Waals surface area contributed by atoms with Gasteiger partial charge in [0, 0.05) is 25.2 Å². The van der Waals surface area contributed by atoms with Gasteiger partial charge in [0.25, 0.3) is 0 Å². The third kappa shape index (κ3) is 3.38. The number of esters is 1. The number of methoxy groups -OCH3 is 1. The van der Waals surface area contributed by atoms with Gasteiger partial charge in [0.2, 0.25) is 11.8 Å². The van der Waals surface area contributed by atoms with Crippen LogP contribution in [0.5, 0.6) is 0 Å². The van der Waals surface area contributed by atoms with E-state index in [-0.39, 0.29) is 24.2 Å². The lowest BCUT2D eigenvalue weighted by Gasteiger charge is -2.25. The van der Waals surface area contributed by atoms with Crippen LogP contribution in [0.15, 0.2) is 24.3 Å². The highest BCUT2D eigenvalue weighted by Gasteiger charge is 2.42. The summed E-state index contributed by atoms with van der Waals surface area (Å²) in [4.78, 5) is 40.4. The van der Waals surface area contributed by atoms with E-state index in [1.54, 1.807) is 9.80 Å². The number of nitrogens with zero attached hydrogens (tertiary/aromatic N) is 2. The Morgan fingerprint density at radius 1 is 1.24 bits per heavy atom. The monoisotopic (exact) mass is 344 g/mol. The van der Waals surface area contributed by atoms with Gasteiger partial charge >= 0.3 is 5.97 Å². The van der Waals surface area contributed by atoms with Crippen LogP contribution < -0.4 is 4.90 Å². The molecule has 6 heteroatoms. The molecule has 25 heavy (non-hydrogen) atoms. The third-order valence-corrected chi connectivity index (χ3v) is 5.14. The van der Waals surface area contributed by atoms with E-state index in [4.69, 9.17) is 4.74 Å². The molecule has 2 atom stereocenters. The molecule has 1 aromatic carbocycles. The summed E-state index contributed by atoms with van der Waals surface area (Å²) < 4.78 is 4.80. The lowest BCUT2D eigenvalue weighted by Crippen LogP contribution is -2.44. The molecule has 2 aliphatic heterocycles.